The van der Waals surface area contributed by atoms with Crippen LogP contribution >= 0.6 is 0 Å². The molecule has 12 nitrogen and oxygen atoms in total. The van der Waals surface area contributed by atoms with E-state index in [1.807, 2.05) is 4.90 Å². The number of hydrogen-bond donors (Lipinski definition) is 3. The standard InChI is InChI=1S/C38H46F2N6O6S/c1-37(48)13-11-25(12-14-37)24-42-31-10-9-26(22-32(31)46(49)50)53(51,52)43-36(47)27-6-5-17-41-35(27)45-20-15-38(16-21-45)23-28(34(38)44-18-2-3-19-44)33-29(39)7-4-8-30(33)40/h4-10,17,22,25,28,34,42,48H,2-3,11-16,18-21,23-24H2,1H3,(H,43,47)/t25?,28?,34-,37?/m0/s1. The lowest BCUT2D eigenvalue weighted by Crippen LogP contribution is -2.63. The number of aliphatic hydroxyl groups is 1. The van der Waals surface area contributed by atoms with Crippen LogP contribution < -0.4 is 14.9 Å². The first-order valence-electron chi connectivity index (χ1n) is 18.5. The van der Waals surface area contributed by atoms with Gasteiger partial charge in [0.1, 0.15) is 23.1 Å². The average molecular weight is 753 g/mol. The summed E-state index contributed by atoms with van der Waals surface area (Å²) in [6, 6.07) is 10.5. The Kier molecular flexibility index (Phi) is 10.2. The monoisotopic (exact) mass is 752 g/mol. The van der Waals surface area contributed by atoms with E-state index in [2.05, 4.69) is 19.9 Å². The first kappa shape index (κ1) is 37.1. The first-order valence-corrected chi connectivity index (χ1v) is 20.0. The minimum atomic E-state index is -4.52. The molecular weight excluding hydrogens is 707 g/mol. The highest BCUT2D eigenvalue weighted by molar-refractivity contribution is 7.90. The number of benzene rings is 2. The highest BCUT2D eigenvalue weighted by Gasteiger charge is 2.58. The third kappa shape index (κ3) is 7.47. The number of nitrogens with one attached hydrogen (secondary N) is 2. The van der Waals surface area contributed by atoms with E-state index in [9.17, 15) is 37.2 Å². The summed E-state index contributed by atoms with van der Waals surface area (Å²) < 4.78 is 58.9. The largest absolute Gasteiger partial charge is 0.390 e. The van der Waals surface area contributed by atoms with E-state index < -0.39 is 48.7 Å². The third-order valence-corrected chi connectivity index (χ3v) is 13.4. The zero-order valence-electron chi connectivity index (χ0n) is 29.8. The number of anilines is 2. The van der Waals surface area contributed by atoms with Gasteiger partial charge in [-0.3, -0.25) is 19.8 Å². The smallest absolute Gasteiger partial charge is 0.293 e. The molecule has 2 saturated carbocycles. The van der Waals surface area contributed by atoms with Crippen LogP contribution in [0.5, 0.6) is 0 Å². The fourth-order valence-electron chi connectivity index (χ4n) is 9.19. The van der Waals surface area contributed by atoms with Gasteiger partial charge in [-0.25, -0.2) is 26.9 Å². The molecule has 4 aliphatic rings. The molecule has 2 aliphatic carbocycles. The molecule has 284 valence electrons. The molecule has 53 heavy (non-hydrogen) atoms. The molecule has 1 spiro atoms. The number of piperidine rings is 1. The zero-order valence-corrected chi connectivity index (χ0v) is 30.6. The molecule has 2 saturated heterocycles. The Balaban J connectivity index is 1.04. The van der Waals surface area contributed by atoms with Crippen molar-refractivity contribution in [1.82, 2.24) is 14.6 Å². The van der Waals surface area contributed by atoms with Crippen LogP contribution in [0.3, 0.4) is 0 Å². The van der Waals surface area contributed by atoms with Gasteiger partial charge in [0.15, 0.2) is 0 Å². The summed E-state index contributed by atoms with van der Waals surface area (Å²) in [5.74, 6) is -1.67. The molecule has 7 rings (SSSR count). The summed E-state index contributed by atoms with van der Waals surface area (Å²) in [6.07, 6.45) is 8.48. The van der Waals surface area contributed by atoms with Crippen LogP contribution in [0.2, 0.25) is 0 Å². The number of nitro groups is 1. The average Bonchev–Trinajstić information content (AvgIpc) is 3.64. The molecular formula is C38H46F2N6O6S. The van der Waals surface area contributed by atoms with E-state index in [0.717, 1.165) is 44.8 Å². The number of pyridine rings is 1. The van der Waals surface area contributed by atoms with E-state index >= 15 is 0 Å². The second-order valence-electron chi connectivity index (χ2n) is 15.5. The van der Waals surface area contributed by atoms with Crippen molar-refractivity contribution in [3.63, 3.8) is 0 Å². The van der Waals surface area contributed by atoms with Crippen LogP contribution in [0, 0.1) is 33.1 Å². The maximum absolute atomic E-state index is 15.0. The van der Waals surface area contributed by atoms with Crippen molar-refractivity contribution in [2.45, 2.75) is 87.2 Å². The van der Waals surface area contributed by atoms with Gasteiger partial charge in [0, 0.05) is 49.4 Å². The van der Waals surface area contributed by atoms with Gasteiger partial charge in [0.2, 0.25) is 0 Å². The zero-order chi connectivity index (χ0) is 37.5. The molecule has 15 heteroatoms. The predicted octanol–water partition coefficient (Wildman–Crippen LogP) is 5.98. The van der Waals surface area contributed by atoms with Crippen molar-refractivity contribution in [3.8, 4) is 0 Å². The van der Waals surface area contributed by atoms with Crippen molar-refractivity contribution in [1.29, 1.82) is 0 Å². The number of hydrogen-bond acceptors (Lipinski definition) is 10. The molecule has 1 unspecified atom stereocenters. The van der Waals surface area contributed by atoms with Crippen molar-refractivity contribution in [3.05, 3.63) is 87.6 Å². The number of amides is 1. The van der Waals surface area contributed by atoms with Crippen LogP contribution in [0.4, 0.5) is 26.0 Å². The number of rotatable bonds is 10. The van der Waals surface area contributed by atoms with Crippen LogP contribution in [-0.2, 0) is 10.0 Å². The van der Waals surface area contributed by atoms with Crippen molar-refractivity contribution < 1.29 is 32.0 Å². The topological polar surface area (TPSA) is 158 Å². The van der Waals surface area contributed by atoms with E-state index in [1.165, 1.54) is 48.7 Å². The lowest BCUT2D eigenvalue weighted by molar-refractivity contribution is -0.384. The van der Waals surface area contributed by atoms with Gasteiger partial charge in [0.25, 0.3) is 21.6 Å². The fraction of sp³-hybridized carbons (Fsp3) is 0.526. The summed E-state index contributed by atoms with van der Waals surface area (Å²) in [4.78, 5) is 33.3. The number of halogens is 2. The van der Waals surface area contributed by atoms with Crippen LogP contribution in [0.25, 0.3) is 0 Å². The molecule has 3 aromatic rings. The van der Waals surface area contributed by atoms with Gasteiger partial charge in [0.05, 0.1) is 21.0 Å². The number of nitro benzene ring substituents is 1. The second kappa shape index (κ2) is 14.6. The highest BCUT2D eigenvalue weighted by atomic mass is 32.2. The Labute approximate surface area is 308 Å². The molecule has 2 atom stereocenters. The lowest BCUT2D eigenvalue weighted by atomic mass is 9.51. The van der Waals surface area contributed by atoms with Gasteiger partial charge in [-0.2, -0.15) is 0 Å². The van der Waals surface area contributed by atoms with Gasteiger partial charge >= 0.3 is 0 Å². The molecule has 1 aromatic heterocycles. The Bertz CT molecular complexity index is 1950. The van der Waals surface area contributed by atoms with Gasteiger partial charge in [-0.15, -0.1) is 0 Å². The Morgan fingerprint density at radius 1 is 1.02 bits per heavy atom. The van der Waals surface area contributed by atoms with Crippen molar-refractivity contribution in [2.75, 3.05) is 42.9 Å². The second-order valence-corrected chi connectivity index (χ2v) is 17.2. The normalized spacial score (nSPS) is 25.9. The summed E-state index contributed by atoms with van der Waals surface area (Å²) in [7, 11) is -4.52. The van der Waals surface area contributed by atoms with Crippen molar-refractivity contribution in [2.24, 2.45) is 11.3 Å². The molecule has 1 amide bonds. The van der Waals surface area contributed by atoms with Gasteiger partial charge < -0.3 is 15.3 Å². The number of aromatic nitrogens is 1. The SMILES string of the molecule is CC1(O)CCC(CNc2ccc(S(=O)(=O)NC(=O)c3cccnc3N3CCC4(CC3)CC(c3c(F)cccc3F)[C@@H]4N3CCCC3)cc2[N+](=O)[O-])CC1. The maximum atomic E-state index is 15.0. The number of carbonyl (C=O) groups is 1. The predicted molar refractivity (Wildman–Crippen MR) is 195 cm³/mol. The molecule has 4 fully saturated rings. The number of nitrogens with zero attached hydrogens (tertiary/aromatic N) is 4. The van der Waals surface area contributed by atoms with Crippen LogP contribution in [0.15, 0.2) is 59.6 Å². The molecule has 2 aromatic carbocycles. The fourth-order valence-corrected chi connectivity index (χ4v) is 10.2. The maximum Gasteiger partial charge on any atom is 0.293 e. The summed E-state index contributed by atoms with van der Waals surface area (Å²) in [5.41, 5.74) is -0.930. The van der Waals surface area contributed by atoms with Gasteiger partial charge in [-0.1, -0.05) is 6.07 Å². The summed E-state index contributed by atoms with van der Waals surface area (Å²) in [5, 5.41) is 25.3. The Morgan fingerprint density at radius 3 is 2.36 bits per heavy atom. The van der Waals surface area contributed by atoms with Gasteiger partial charge in [-0.05, 0) is 126 Å². The summed E-state index contributed by atoms with van der Waals surface area (Å²) in [6.45, 7) is 5.03. The van der Waals surface area contributed by atoms with Crippen molar-refractivity contribution >= 4 is 33.1 Å². The minimum Gasteiger partial charge on any atom is -0.390 e. The van der Waals surface area contributed by atoms with E-state index in [-0.39, 0.29) is 40.1 Å². The van der Waals surface area contributed by atoms with E-state index in [1.54, 1.807) is 6.92 Å². The number of sulfonamides is 1. The third-order valence-electron chi connectivity index (χ3n) is 12.1. The lowest BCUT2D eigenvalue weighted by Gasteiger charge is -2.61. The molecule has 0 bridgehead atoms. The van der Waals surface area contributed by atoms with E-state index in [0.29, 0.717) is 57.6 Å². The number of carbonyl (C=O) groups excluding carboxylic acids is 1. The molecule has 0 radical (unpaired) electrons. The minimum absolute atomic E-state index is 0.00860. The van der Waals surface area contributed by atoms with Crippen LogP contribution in [-0.4, -0.2) is 78.6 Å². The van der Waals surface area contributed by atoms with E-state index in [4.69, 9.17) is 0 Å². The molecule has 3 N–H and O–H groups in total. The molecule has 3 heterocycles. The van der Waals surface area contributed by atoms with Crippen LogP contribution in [0.1, 0.15) is 86.6 Å². The Hall–Kier alpha value is -4.21. The Morgan fingerprint density at radius 2 is 1.70 bits per heavy atom. The first-order chi connectivity index (χ1) is 25.3. The molecule has 2 aliphatic heterocycles. The quantitative estimate of drug-likeness (QED) is 0.166. The number of likely N-dealkylation sites (tertiary alicyclic amines) is 1. The highest BCUT2D eigenvalue weighted by Crippen LogP contribution is 2.60. The summed E-state index contributed by atoms with van der Waals surface area (Å²) >= 11 is 0.